The van der Waals surface area contributed by atoms with Crippen LogP contribution in [0.1, 0.15) is 57.6 Å². The van der Waals surface area contributed by atoms with Gasteiger partial charge in [0.15, 0.2) is 5.89 Å². The van der Waals surface area contributed by atoms with E-state index in [2.05, 4.69) is 10.3 Å². The molecule has 2 amide bonds. The highest BCUT2D eigenvalue weighted by Crippen LogP contribution is 2.39. The van der Waals surface area contributed by atoms with Crippen LogP contribution in [0.15, 0.2) is 10.6 Å². The standard InChI is InChI=1S/C16H23N3O4/c1-16(2,3)23-15(21)19-7-6-12(19)13(20)17-8-11-9-18-14(22-11)10-4-5-10/h9-10,12H,4-8H2,1-3H3,(H,17,20)/t12-/m1/s1. The molecule has 1 saturated carbocycles. The van der Waals surface area contributed by atoms with Gasteiger partial charge in [-0.15, -0.1) is 0 Å². The highest BCUT2D eigenvalue weighted by Gasteiger charge is 2.39. The van der Waals surface area contributed by atoms with Crippen molar-refractivity contribution in [2.45, 2.75) is 64.1 Å². The Morgan fingerprint density at radius 1 is 1.39 bits per heavy atom. The van der Waals surface area contributed by atoms with Crippen LogP contribution in [-0.2, 0) is 16.1 Å². The Morgan fingerprint density at radius 3 is 2.70 bits per heavy atom. The fourth-order valence-electron chi connectivity index (χ4n) is 2.41. The third-order valence-electron chi connectivity index (χ3n) is 3.89. The molecule has 1 atom stereocenters. The van der Waals surface area contributed by atoms with Gasteiger partial charge < -0.3 is 14.5 Å². The molecule has 1 aromatic heterocycles. The van der Waals surface area contributed by atoms with Crippen LogP contribution in [0.3, 0.4) is 0 Å². The van der Waals surface area contributed by atoms with Crippen LogP contribution in [-0.4, -0.2) is 40.1 Å². The van der Waals surface area contributed by atoms with Crippen LogP contribution in [0.25, 0.3) is 0 Å². The molecule has 1 N–H and O–H groups in total. The molecular weight excluding hydrogens is 298 g/mol. The summed E-state index contributed by atoms with van der Waals surface area (Å²) in [5.41, 5.74) is -0.563. The van der Waals surface area contributed by atoms with E-state index in [9.17, 15) is 9.59 Å². The van der Waals surface area contributed by atoms with Gasteiger partial charge in [0.2, 0.25) is 5.91 Å². The summed E-state index contributed by atoms with van der Waals surface area (Å²) in [7, 11) is 0. The number of hydrogen-bond donors (Lipinski definition) is 1. The molecule has 1 aromatic rings. The Balaban J connectivity index is 1.48. The number of rotatable bonds is 4. The zero-order chi connectivity index (χ0) is 16.6. The predicted octanol–water partition coefficient (Wildman–Crippen LogP) is 2.18. The first-order valence-corrected chi connectivity index (χ1v) is 8.05. The second-order valence-electron chi connectivity index (χ2n) is 7.14. The average molecular weight is 321 g/mol. The summed E-state index contributed by atoms with van der Waals surface area (Å²) in [6.07, 6.45) is 4.10. The van der Waals surface area contributed by atoms with Gasteiger partial charge in [0, 0.05) is 12.5 Å². The van der Waals surface area contributed by atoms with Crippen LogP contribution in [0.4, 0.5) is 4.79 Å². The number of carbonyl (C=O) groups is 2. The second kappa shape index (κ2) is 5.86. The molecule has 23 heavy (non-hydrogen) atoms. The minimum absolute atomic E-state index is 0.188. The molecule has 7 heteroatoms. The molecule has 1 aliphatic heterocycles. The van der Waals surface area contributed by atoms with Crippen molar-refractivity contribution in [3.05, 3.63) is 17.8 Å². The monoisotopic (exact) mass is 321 g/mol. The van der Waals surface area contributed by atoms with Crippen LogP contribution >= 0.6 is 0 Å². The van der Waals surface area contributed by atoms with Gasteiger partial charge in [-0.1, -0.05) is 0 Å². The van der Waals surface area contributed by atoms with Gasteiger partial charge >= 0.3 is 6.09 Å². The van der Waals surface area contributed by atoms with Gasteiger partial charge in [-0.05, 0) is 40.0 Å². The number of amides is 2. The van der Waals surface area contributed by atoms with Gasteiger partial charge in [-0.3, -0.25) is 9.69 Å². The quantitative estimate of drug-likeness (QED) is 0.919. The van der Waals surface area contributed by atoms with Gasteiger partial charge in [0.1, 0.15) is 17.4 Å². The molecule has 1 saturated heterocycles. The predicted molar refractivity (Wildman–Crippen MR) is 81.7 cm³/mol. The number of likely N-dealkylation sites (tertiary alicyclic amines) is 1. The minimum Gasteiger partial charge on any atom is -0.444 e. The molecular formula is C16H23N3O4. The molecule has 2 aliphatic rings. The highest BCUT2D eigenvalue weighted by atomic mass is 16.6. The Kier molecular flexibility index (Phi) is 4.04. The van der Waals surface area contributed by atoms with Crippen LogP contribution in [0.2, 0.25) is 0 Å². The summed E-state index contributed by atoms with van der Waals surface area (Å²) in [5, 5.41) is 2.80. The number of oxazole rings is 1. The average Bonchev–Trinajstić information content (AvgIpc) is 3.12. The Hall–Kier alpha value is -2.05. The first-order chi connectivity index (χ1) is 10.8. The van der Waals surface area contributed by atoms with E-state index >= 15 is 0 Å². The first-order valence-electron chi connectivity index (χ1n) is 8.05. The van der Waals surface area contributed by atoms with Crippen LogP contribution < -0.4 is 5.32 Å². The Morgan fingerprint density at radius 2 is 2.13 bits per heavy atom. The van der Waals surface area contributed by atoms with E-state index in [1.165, 1.54) is 4.90 Å². The maximum Gasteiger partial charge on any atom is 0.410 e. The third-order valence-corrected chi connectivity index (χ3v) is 3.89. The summed E-state index contributed by atoms with van der Waals surface area (Å²) in [6.45, 7) is 6.25. The molecule has 126 valence electrons. The summed E-state index contributed by atoms with van der Waals surface area (Å²) < 4.78 is 10.9. The van der Waals surface area contributed by atoms with Gasteiger partial charge in [-0.25, -0.2) is 9.78 Å². The second-order valence-corrected chi connectivity index (χ2v) is 7.14. The van der Waals surface area contributed by atoms with Crippen molar-refractivity contribution in [1.29, 1.82) is 0 Å². The summed E-state index contributed by atoms with van der Waals surface area (Å²) in [4.78, 5) is 29.9. The normalized spacial score (nSPS) is 20.8. The number of nitrogens with zero attached hydrogens (tertiary/aromatic N) is 2. The lowest BCUT2D eigenvalue weighted by Gasteiger charge is -2.40. The maximum atomic E-state index is 12.2. The largest absolute Gasteiger partial charge is 0.444 e. The van der Waals surface area contributed by atoms with E-state index in [0.717, 1.165) is 18.7 Å². The number of ether oxygens (including phenoxy) is 1. The lowest BCUT2D eigenvalue weighted by atomic mass is 10.0. The fraction of sp³-hybridized carbons (Fsp3) is 0.688. The number of aromatic nitrogens is 1. The molecule has 0 spiro atoms. The highest BCUT2D eigenvalue weighted by molar-refractivity contribution is 5.87. The topological polar surface area (TPSA) is 84.7 Å². The van der Waals surface area contributed by atoms with E-state index in [-0.39, 0.29) is 12.5 Å². The van der Waals surface area contributed by atoms with E-state index < -0.39 is 17.7 Å². The summed E-state index contributed by atoms with van der Waals surface area (Å²) >= 11 is 0. The molecule has 2 heterocycles. The molecule has 0 bridgehead atoms. The zero-order valence-corrected chi connectivity index (χ0v) is 13.8. The molecule has 7 nitrogen and oxygen atoms in total. The molecule has 1 aliphatic carbocycles. The molecule has 0 aromatic carbocycles. The molecule has 2 fully saturated rings. The van der Waals surface area contributed by atoms with E-state index in [0.29, 0.717) is 24.6 Å². The number of hydrogen-bond acceptors (Lipinski definition) is 5. The SMILES string of the molecule is CC(C)(C)OC(=O)N1CC[C@@H]1C(=O)NCc1cnc(C2CC2)o1. The van der Waals surface area contributed by atoms with Crippen molar-refractivity contribution in [1.82, 2.24) is 15.2 Å². The van der Waals surface area contributed by atoms with Crippen molar-refractivity contribution in [3.8, 4) is 0 Å². The first kappa shape index (κ1) is 15.8. The number of carbonyl (C=O) groups excluding carboxylic acids is 2. The van der Waals surface area contributed by atoms with Crippen LogP contribution in [0, 0.1) is 0 Å². The van der Waals surface area contributed by atoms with E-state index in [1.807, 2.05) is 0 Å². The molecule has 0 radical (unpaired) electrons. The van der Waals surface area contributed by atoms with Gasteiger partial charge in [0.05, 0.1) is 12.7 Å². The third kappa shape index (κ3) is 3.83. The zero-order valence-electron chi connectivity index (χ0n) is 13.8. The summed E-state index contributed by atoms with van der Waals surface area (Å²) in [5.74, 6) is 1.66. The molecule has 3 rings (SSSR count). The number of nitrogens with one attached hydrogen (secondary N) is 1. The van der Waals surface area contributed by atoms with Crippen molar-refractivity contribution in [2.24, 2.45) is 0 Å². The lowest BCUT2D eigenvalue weighted by Crippen LogP contribution is -2.59. The van der Waals surface area contributed by atoms with Gasteiger partial charge in [0.25, 0.3) is 0 Å². The van der Waals surface area contributed by atoms with Crippen molar-refractivity contribution >= 4 is 12.0 Å². The van der Waals surface area contributed by atoms with Crippen molar-refractivity contribution in [2.75, 3.05) is 6.54 Å². The lowest BCUT2D eigenvalue weighted by molar-refractivity contribution is -0.130. The van der Waals surface area contributed by atoms with Gasteiger partial charge in [-0.2, -0.15) is 0 Å². The molecule has 0 unspecified atom stereocenters. The summed E-state index contributed by atoms with van der Waals surface area (Å²) in [6, 6.07) is -0.462. The van der Waals surface area contributed by atoms with Crippen molar-refractivity contribution < 1.29 is 18.7 Å². The van der Waals surface area contributed by atoms with E-state index in [4.69, 9.17) is 9.15 Å². The van der Waals surface area contributed by atoms with Crippen LogP contribution in [0.5, 0.6) is 0 Å². The Labute approximate surface area is 135 Å². The Bertz CT molecular complexity index is 601. The maximum absolute atomic E-state index is 12.2. The fourth-order valence-corrected chi connectivity index (χ4v) is 2.41. The van der Waals surface area contributed by atoms with Crippen molar-refractivity contribution in [3.63, 3.8) is 0 Å². The minimum atomic E-state index is -0.563. The van der Waals surface area contributed by atoms with E-state index in [1.54, 1.807) is 27.0 Å². The smallest absolute Gasteiger partial charge is 0.410 e.